The van der Waals surface area contributed by atoms with Crippen LogP contribution >= 0.6 is 0 Å². The summed E-state index contributed by atoms with van der Waals surface area (Å²) in [6, 6.07) is 7.00. The highest BCUT2D eigenvalue weighted by Crippen LogP contribution is 2.37. The molecule has 1 saturated heterocycles. The number of Topliss-reactive ketones (excluding diaryl/α,β-unsaturated/α-hetero) is 1. The fourth-order valence-corrected chi connectivity index (χ4v) is 4.13. The van der Waals surface area contributed by atoms with Gasteiger partial charge in [-0.2, -0.15) is 0 Å². The molecule has 0 atom stereocenters. The first-order valence-corrected chi connectivity index (χ1v) is 9.94. The lowest BCUT2D eigenvalue weighted by molar-refractivity contribution is -0.132. The second kappa shape index (κ2) is 7.10. The van der Waals surface area contributed by atoms with Crippen molar-refractivity contribution in [2.45, 2.75) is 70.8 Å². The van der Waals surface area contributed by atoms with Gasteiger partial charge in [-0.1, -0.05) is 58.4 Å². The highest BCUT2D eigenvalue weighted by Gasteiger charge is 2.52. The molecule has 0 aromatic heterocycles. The molecule has 0 radical (unpaired) electrons. The van der Waals surface area contributed by atoms with Crippen LogP contribution in [-0.2, 0) is 10.2 Å². The zero-order valence-electron chi connectivity index (χ0n) is 16.8. The summed E-state index contributed by atoms with van der Waals surface area (Å²) in [6.45, 7) is 8.31. The van der Waals surface area contributed by atoms with E-state index in [1.807, 2.05) is 12.1 Å². The third-order valence-corrected chi connectivity index (χ3v) is 6.16. The number of imide groups is 1. The van der Waals surface area contributed by atoms with E-state index < -0.39 is 11.6 Å². The standard InChI is InChI=1S/C22H30N2O3/c1-5-15-10-12-22(13-11-15)19(26)24(20(27)23-22)14-18(25)16-6-8-17(9-7-16)21(2,3)4/h6-9,15H,5,10-14H2,1-4H3,(H,23,27). The SMILES string of the molecule is CCC1CCC2(CC1)NC(=O)N(CC(=O)c1ccc(C(C)(C)C)cc1)C2=O. The van der Waals surface area contributed by atoms with Gasteiger partial charge in [0.25, 0.3) is 5.91 Å². The van der Waals surface area contributed by atoms with E-state index >= 15 is 0 Å². The van der Waals surface area contributed by atoms with Crippen LogP contribution in [0.5, 0.6) is 0 Å². The Morgan fingerprint density at radius 3 is 2.26 bits per heavy atom. The molecule has 2 aliphatic rings. The molecule has 27 heavy (non-hydrogen) atoms. The largest absolute Gasteiger partial charge is 0.325 e. The van der Waals surface area contributed by atoms with Crippen LogP contribution in [0.3, 0.4) is 0 Å². The molecular formula is C22H30N2O3. The van der Waals surface area contributed by atoms with E-state index in [1.165, 1.54) is 0 Å². The third-order valence-electron chi connectivity index (χ3n) is 6.16. The van der Waals surface area contributed by atoms with E-state index in [0.29, 0.717) is 24.3 Å². The van der Waals surface area contributed by atoms with E-state index in [0.717, 1.165) is 29.7 Å². The van der Waals surface area contributed by atoms with Gasteiger partial charge < -0.3 is 5.32 Å². The Morgan fingerprint density at radius 2 is 1.74 bits per heavy atom. The van der Waals surface area contributed by atoms with Crippen LogP contribution in [0.15, 0.2) is 24.3 Å². The molecule has 0 unspecified atom stereocenters. The number of ketones is 1. The summed E-state index contributed by atoms with van der Waals surface area (Å²) in [5.74, 6) is 0.178. The number of hydrogen-bond acceptors (Lipinski definition) is 3. The van der Waals surface area contributed by atoms with Gasteiger partial charge in [0.05, 0.1) is 6.54 Å². The molecule has 0 bridgehead atoms. The quantitative estimate of drug-likeness (QED) is 0.642. The predicted octanol–water partition coefficient (Wildman–Crippen LogP) is 4.06. The Morgan fingerprint density at radius 1 is 1.15 bits per heavy atom. The van der Waals surface area contributed by atoms with Crippen LogP contribution in [0.1, 0.15) is 75.7 Å². The Labute approximate surface area is 161 Å². The molecule has 1 spiro atoms. The van der Waals surface area contributed by atoms with Gasteiger partial charge in [-0.15, -0.1) is 0 Å². The maximum absolute atomic E-state index is 12.9. The maximum atomic E-state index is 12.9. The highest BCUT2D eigenvalue weighted by atomic mass is 16.2. The van der Waals surface area contributed by atoms with Gasteiger partial charge in [-0.05, 0) is 42.6 Å². The highest BCUT2D eigenvalue weighted by molar-refractivity contribution is 6.11. The summed E-state index contributed by atoms with van der Waals surface area (Å²) in [7, 11) is 0. The number of amides is 3. The number of hydrogen-bond donors (Lipinski definition) is 1. The Balaban J connectivity index is 1.69. The monoisotopic (exact) mass is 370 g/mol. The van der Waals surface area contributed by atoms with Crippen molar-refractivity contribution in [2.24, 2.45) is 5.92 Å². The number of carbonyl (C=O) groups excluding carboxylic acids is 3. The first kappa shape index (κ1) is 19.6. The third kappa shape index (κ3) is 3.78. The number of nitrogens with one attached hydrogen (secondary N) is 1. The zero-order chi connectivity index (χ0) is 19.8. The van der Waals surface area contributed by atoms with Gasteiger partial charge in [-0.3, -0.25) is 14.5 Å². The van der Waals surface area contributed by atoms with Gasteiger partial charge in [0.15, 0.2) is 5.78 Å². The first-order chi connectivity index (χ1) is 12.7. The van der Waals surface area contributed by atoms with Gasteiger partial charge >= 0.3 is 6.03 Å². The zero-order valence-corrected chi connectivity index (χ0v) is 16.8. The van der Waals surface area contributed by atoms with Crippen LogP contribution in [0.4, 0.5) is 4.79 Å². The molecule has 146 valence electrons. The lowest BCUT2D eigenvalue weighted by atomic mass is 9.75. The average Bonchev–Trinajstić information content (AvgIpc) is 2.86. The van der Waals surface area contributed by atoms with E-state index in [4.69, 9.17) is 0 Å². The lowest BCUT2D eigenvalue weighted by Gasteiger charge is -2.34. The maximum Gasteiger partial charge on any atom is 0.325 e. The minimum Gasteiger partial charge on any atom is -0.323 e. The minimum absolute atomic E-state index is 0.0100. The fraction of sp³-hybridized carbons (Fsp3) is 0.591. The molecule has 1 aromatic rings. The normalized spacial score (nSPS) is 25.8. The number of urea groups is 1. The van der Waals surface area contributed by atoms with Crippen LogP contribution < -0.4 is 5.32 Å². The Hall–Kier alpha value is -2.17. The smallest absolute Gasteiger partial charge is 0.323 e. The van der Waals surface area contributed by atoms with Crippen LogP contribution in [0, 0.1) is 5.92 Å². The number of rotatable bonds is 4. The van der Waals surface area contributed by atoms with E-state index in [1.54, 1.807) is 12.1 Å². The molecule has 1 heterocycles. The second-order valence-electron chi connectivity index (χ2n) is 9.01. The van der Waals surface area contributed by atoms with Crippen molar-refractivity contribution in [1.29, 1.82) is 0 Å². The van der Waals surface area contributed by atoms with Crippen molar-refractivity contribution in [3.05, 3.63) is 35.4 Å². The number of carbonyl (C=O) groups is 3. The van der Waals surface area contributed by atoms with Crippen molar-refractivity contribution >= 4 is 17.7 Å². The molecule has 1 aromatic carbocycles. The lowest BCUT2D eigenvalue weighted by Crippen LogP contribution is -2.49. The number of benzene rings is 1. The van der Waals surface area contributed by atoms with Crippen molar-refractivity contribution in [3.8, 4) is 0 Å². The summed E-state index contributed by atoms with van der Waals surface area (Å²) in [5, 5.41) is 2.88. The van der Waals surface area contributed by atoms with Gasteiger partial charge in [0.1, 0.15) is 5.54 Å². The van der Waals surface area contributed by atoms with E-state index in [2.05, 4.69) is 33.0 Å². The Kier molecular flexibility index (Phi) is 5.15. The first-order valence-electron chi connectivity index (χ1n) is 9.94. The molecule has 3 amide bonds. The van der Waals surface area contributed by atoms with Crippen LogP contribution in [0.2, 0.25) is 0 Å². The second-order valence-corrected chi connectivity index (χ2v) is 9.01. The summed E-state index contributed by atoms with van der Waals surface area (Å²) >= 11 is 0. The van der Waals surface area contributed by atoms with Gasteiger partial charge in [0.2, 0.25) is 0 Å². The van der Waals surface area contributed by atoms with Gasteiger partial charge in [0, 0.05) is 5.56 Å². The molecule has 3 rings (SSSR count). The predicted molar refractivity (Wildman–Crippen MR) is 105 cm³/mol. The molecular weight excluding hydrogens is 340 g/mol. The summed E-state index contributed by atoms with van der Waals surface area (Å²) < 4.78 is 0. The summed E-state index contributed by atoms with van der Waals surface area (Å²) in [5.41, 5.74) is 0.884. The average molecular weight is 370 g/mol. The fourth-order valence-electron chi connectivity index (χ4n) is 4.13. The summed E-state index contributed by atoms with van der Waals surface area (Å²) in [6.07, 6.45) is 4.32. The summed E-state index contributed by atoms with van der Waals surface area (Å²) in [4.78, 5) is 39.1. The molecule has 5 nitrogen and oxygen atoms in total. The van der Waals surface area contributed by atoms with E-state index in [-0.39, 0.29) is 23.7 Å². The molecule has 1 aliphatic heterocycles. The molecule has 1 N–H and O–H groups in total. The van der Waals surface area contributed by atoms with Crippen molar-refractivity contribution in [2.75, 3.05) is 6.54 Å². The van der Waals surface area contributed by atoms with Crippen molar-refractivity contribution < 1.29 is 14.4 Å². The Bertz CT molecular complexity index is 738. The molecule has 1 saturated carbocycles. The van der Waals surface area contributed by atoms with Gasteiger partial charge in [-0.25, -0.2) is 4.79 Å². The molecule has 5 heteroatoms. The van der Waals surface area contributed by atoms with E-state index in [9.17, 15) is 14.4 Å². The number of nitrogens with zero attached hydrogens (tertiary/aromatic N) is 1. The van der Waals surface area contributed by atoms with Crippen molar-refractivity contribution in [1.82, 2.24) is 10.2 Å². The van der Waals surface area contributed by atoms with Crippen molar-refractivity contribution in [3.63, 3.8) is 0 Å². The topological polar surface area (TPSA) is 66.5 Å². The van der Waals surface area contributed by atoms with Crippen LogP contribution in [-0.4, -0.2) is 34.7 Å². The minimum atomic E-state index is -0.793. The molecule has 1 aliphatic carbocycles. The van der Waals surface area contributed by atoms with Crippen LogP contribution in [0.25, 0.3) is 0 Å². The molecule has 2 fully saturated rings.